The fourth-order valence-electron chi connectivity index (χ4n) is 1.92. The number of aromatic amines is 1. The second-order valence-electron chi connectivity index (χ2n) is 4.22. The van der Waals surface area contributed by atoms with Crippen LogP contribution in [0, 0.1) is 11.6 Å². The zero-order chi connectivity index (χ0) is 14.1. The molecule has 6 heteroatoms. The topological polar surface area (TPSA) is 57.8 Å². The van der Waals surface area contributed by atoms with Gasteiger partial charge in [0.1, 0.15) is 17.2 Å². The number of hydrogen-bond acceptors (Lipinski definition) is 2. The molecule has 0 aliphatic carbocycles. The summed E-state index contributed by atoms with van der Waals surface area (Å²) in [5, 5.41) is 9.93. The Morgan fingerprint density at radius 1 is 1.15 bits per heavy atom. The summed E-state index contributed by atoms with van der Waals surface area (Å²) in [7, 11) is 0. The van der Waals surface area contributed by atoms with Gasteiger partial charge in [0.15, 0.2) is 0 Å². The van der Waals surface area contributed by atoms with Crippen molar-refractivity contribution in [3.05, 3.63) is 59.8 Å². The van der Waals surface area contributed by atoms with E-state index >= 15 is 0 Å². The Morgan fingerprint density at radius 3 is 2.65 bits per heavy atom. The van der Waals surface area contributed by atoms with Gasteiger partial charge in [0, 0.05) is 11.1 Å². The first-order valence-electron chi connectivity index (χ1n) is 5.83. The van der Waals surface area contributed by atoms with Crippen LogP contribution in [0.25, 0.3) is 10.9 Å². The Balaban J connectivity index is 1.92. The minimum atomic E-state index is -0.898. The predicted molar refractivity (Wildman–Crippen MR) is 70.4 cm³/mol. The van der Waals surface area contributed by atoms with Crippen LogP contribution in [0.4, 0.5) is 14.5 Å². The van der Waals surface area contributed by atoms with E-state index < -0.39 is 23.1 Å². The molecule has 3 rings (SSSR count). The summed E-state index contributed by atoms with van der Waals surface area (Å²) in [5.74, 6) is -2.63. The summed E-state index contributed by atoms with van der Waals surface area (Å²) >= 11 is 0. The van der Waals surface area contributed by atoms with Crippen LogP contribution in [-0.2, 0) is 0 Å². The molecule has 0 radical (unpaired) electrons. The largest absolute Gasteiger partial charge is 0.322 e. The van der Waals surface area contributed by atoms with Crippen molar-refractivity contribution in [2.24, 2.45) is 0 Å². The number of amides is 1. The molecule has 20 heavy (non-hydrogen) atoms. The molecule has 0 aliphatic rings. The molecule has 1 heterocycles. The first kappa shape index (κ1) is 12.3. The number of H-pyrrole nitrogens is 1. The maximum absolute atomic E-state index is 13.5. The first-order valence-corrected chi connectivity index (χ1v) is 5.83. The highest BCUT2D eigenvalue weighted by Crippen LogP contribution is 2.19. The molecule has 0 fully saturated rings. The lowest BCUT2D eigenvalue weighted by atomic mass is 10.1. The number of halogens is 2. The van der Waals surface area contributed by atoms with Crippen molar-refractivity contribution in [2.75, 3.05) is 5.32 Å². The number of carbonyl (C=O) groups is 1. The van der Waals surface area contributed by atoms with Gasteiger partial charge in [0.2, 0.25) is 0 Å². The molecule has 1 amide bonds. The zero-order valence-electron chi connectivity index (χ0n) is 10.2. The summed E-state index contributed by atoms with van der Waals surface area (Å²) in [6.07, 6.45) is 1.64. The van der Waals surface area contributed by atoms with E-state index in [9.17, 15) is 13.6 Å². The van der Waals surface area contributed by atoms with Crippen LogP contribution in [0.5, 0.6) is 0 Å². The number of carbonyl (C=O) groups excluding carboxylic acids is 1. The van der Waals surface area contributed by atoms with E-state index in [-0.39, 0.29) is 0 Å². The Hall–Kier alpha value is -2.76. The monoisotopic (exact) mass is 273 g/mol. The Kier molecular flexibility index (Phi) is 2.90. The average molecular weight is 273 g/mol. The van der Waals surface area contributed by atoms with Crippen LogP contribution < -0.4 is 5.32 Å². The number of benzene rings is 2. The summed E-state index contributed by atoms with van der Waals surface area (Å²) in [5.41, 5.74) is 0.545. The van der Waals surface area contributed by atoms with Gasteiger partial charge in [-0.1, -0.05) is 6.07 Å². The van der Waals surface area contributed by atoms with Gasteiger partial charge in [-0.05, 0) is 30.3 Å². The maximum atomic E-state index is 13.5. The fourth-order valence-corrected chi connectivity index (χ4v) is 1.92. The molecule has 0 saturated carbocycles. The zero-order valence-corrected chi connectivity index (χ0v) is 10.2. The van der Waals surface area contributed by atoms with E-state index in [1.54, 1.807) is 24.4 Å². The van der Waals surface area contributed by atoms with Crippen LogP contribution >= 0.6 is 0 Å². The molecule has 3 aromatic rings. The molecular weight excluding hydrogens is 264 g/mol. The molecule has 2 N–H and O–H groups in total. The molecule has 1 aromatic heterocycles. The van der Waals surface area contributed by atoms with Gasteiger partial charge < -0.3 is 5.32 Å². The van der Waals surface area contributed by atoms with Gasteiger partial charge in [0.05, 0.1) is 11.7 Å². The van der Waals surface area contributed by atoms with Crippen molar-refractivity contribution in [2.45, 2.75) is 0 Å². The third-order valence-electron chi connectivity index (χ3n) is 2.89. The quantitative estimate of drug-likeness (QED) is 0.753. The number of nitrogens with zero attached hydrogens (tertiary/aromatic N) is 1. The van der Waals surface area contributed by atoms with Crippen molar-refractivity contribution < 1.29 is 13.6 Å². The standard InChI is InChI=1S/C14H9F2N3O/c15-10-2-1-3-11(16)13(10)14(20)18-9-5-4-8-7-17-19-12(8)6-9/h1-7H,(H,17,19)(H,18,20). The van der Waals surface area contributed by atoms with Crippen LogP contribution in [0.15, 0.2) is 42.6 Å². The molecule has 100 valence electrons. The second kappa shape index (κ2) is 4.73. The van der Waals surface area contributed by atoms with Crippen molar-refractivity contribution in [3.63, 3.8) is 0 Å². The van der Waals surface area contributed by atoms with Gasteiger partial charge >= 0.3 is 0 Å². The lowest BCUT2D eigenvalue weighted by molar-refractivity contribution is 0.101. The molecule has 0 bridgehead atoms. The lowest BCUT2D eigenvalue weighted by Gasteiger charge is -2.07. The predicted octanol–water partition coefficient (Wildman–Crippen LogP) is 3.09. The van der Waals surface area contributed by atoms with Gasteiger partial charge in [-0.15, -0.1) is 0 Å². The smallest absolute Gasteiger partial charge is 0.261 e. The van der Waals surface area contributed by atoms with E-state index in [2.05, 4.69) is 15.5 Å². The molecular formula is C14H9F2N3O. The average Bonchev–Trinajstić information content (AvgIpc) is 2.85. The minimum Gasteiger partial charge on any atom is -0.322 e. The fraction of sp³-hybridized carbons (Fsp3) is 0. The van der Waals surface area contributed by atoms with E-state index in [0.29, 0.717) is 5.69 Å². The van der Waals surface area contributed by atoms with E-state index in [0.717, 1.165) is 23.0 Å². The molecule has 0 saturated heterocycles. The lowest BCUT2D eigenvalue weighted by Crippen LogP contribution is -2.15. The van der Waals surface area contributed by atoms with Crippen LogP contribution in [0.3, 0.4) is 0 Å². The molecule has 0 spiro atoms. The number of aromatic nitrogens is 2. The molecule has 0 unspecified atom stereocenters. The summed E-state index contributed by atoms with van der Waals surface area (Å²) in [4.78, 5) is 11.9. The number of hydrogen-bond donors (Lipinski definition) is 2. The molecule has 2 aromatic carbocycles. The minimum absolute atomic E-state index is 0.425. The van der Waals surface area contributed by atoms with Gasteiger partial charge in [0.25, 0.3) is 5.91 Å². The Morgan fingerprint density at radius 2 is 1.90 bits per heavy atom. The van der Waals surface area contributed by atoms with Gasteiger partial charge in [-0.2, -0.15) is 5.10 Å². The summed E-state index contributed by atoms with van der Waals surface area (Å²) in [6.45, 7) is 0. The first-order chi connectivity index (χ1) is 9.65. The van der Waals surface area contributed by atoms with Gasteiger partial charge in [-0.25, -0.2) is 8.78 Å². The van der Waals surface area contributed by atoms with Crippen LogP contribution in [0.1, 0.15) is 10.4 Å². The van der Waals surface area contributed by atoms with Crippen molar-refractivity contribution in [3.8, 4) is 0 Å². The highest BCUT2D eigenvalue weighted by atomic mass is 19.1. The SMILES string of the molecule is O=C(Nc1ccc2cn[nH]c2c1)c1c(F)cccc1F. The highest BCUT2D eigenvalue weighted by Gasteiger charge is 2.17. The highest BCUT2D eigenvalue weighted by molar-refractivity contribution is 6.05. The van der Waals surface area contributed by atoms with Crippen LogP contribution in [-0.4, -0.2) is 16.1 Å². The Bertz CT molecular complexity index is 778. The number of rotatable bonds is 2. The number of anilines is 1. The third-order valence-corrected chi connectivity index (χ3v) is 2.89. The van der Waals surface area contributed by atoms with Gasteiger partial charge in [-0.3, -0.25) is 9.89 Å². The Labute approximate surface area is 112 Å². The van der Waals surface area contributed by atoms with E-state index in [4.69, 9.17) is 0 Å². The van der Waals surface area contributed by atoms with Crippen LogP contribution in [0.2, 0.25) is 0 Å². The van der Waals surface area contributed by atoms with Crippen molar-refractivity contribution in [1.82, 2.24) is 10.2 Å². The number of nitrogens with one attached hydrogen (secondary N) is 2. The van der Waals surface area contributed by atoms with E-state index in [1.165, 1.54) is 6.07 Å². The van der Waals surface area contributed by atoms with Crippen molar-refractivity contribution >= 4 is 22.5 Å². The van der Waals surface area contributed by atoms with Crippen molar-refractivity contribution in [1.29, 1.82) is 0 Å². The number of fused-ring (bicyclic) bond motifs is 1. The molecule has 0 aliphatic heterocycles. The third kappa shape index (κ3) is 2.11. The second-order valence-corrected chi connectivity index (χ2v) is 4.22. The molecule has 4 nitrogen and oxygen atoms in total. The van der Waals surface area contributed by atoms with E-state index in [1.807, 2.05) is 0 Å². The summed E-state index contributed by atoms with van der Waals surface area (Å²) < 4.78 is 27.0. The maximum Gasteiger partial charge on any atom is 0.261 e. The summed E-state index contributed by atoms with van der Waals surface area (Å²) in [6, 6.07) is 8.30. The normalized spacial score (nSPS) is 10.7. The molecule has 0 atom stereocenters.